The third kappa shape index (κ3) is 8.21. The van der Waals surface area contributed by atoms with Crippen molar-refractivity contribution in [2.75, 3.05) is 37.6 Å². The highest BCUT2D eigenvalue weighted by atomic mass is 35.5. The van der Waals surface area contributed by atoms with Crippen molar-refractivity contribution >= 4 is 40.5 Å². The van der Waals surface area contributed by atoms with E-state index in [1.54, 1.807) is 24.4 Å². The summed E-state index contributed by atoms with van der Waals surface area (Å²) in [7, 11) is -3.53. The molecule has 0 atom stereocenters. The summed E-state index contributed by atoms with van der Waals surface area (Å²) < 4.78 is 66.8. The van der Waals surface area contributed by atoms with Gasteiger partial charge in [-0.15, -0.1) is 24.8 Å². The van der Waals surface area contributed by atoms with Gasteiger partial charge in [0.25, 0.3) is 0 Å². The predicted molar refractivity (Wildman–Crippen MR) is 140 cm³/mol. The standard InChI is InChI=1S/C24H31F3N4O2S.2ClH/c25-24(26,27)20-3-1-4-22(17-20)31-15-13-30(14-16-31)12-10-19-6-8-21(9-7-19)29-34(32,33)23-5-2-11-28-18-23;;/h1-5,11,17-19,21,29H,6-10,12-16H2;2*1H. The molecule has 1 saturated carbocycles. The van der Waals surface area contributed by atoms with E-state index in [0.717, 1.165) is 57.8 Å². The van der Waals surface area contributed by atoms with E-state index >= 15 is 0 Å². The Labute approximate surface area is 223 Å². The van der Waals surface area contributed by atoms with Crippen LogP contribution in [0.25, 0.3) is 0 Å². The van der Waals surface area contributed by atoms with Crippen LogP contribution in [0.4, 0.5) is 18.9 Å². The molecule has 1 aliphatic carbocycles. The lowest BCUT2D eigenvalue weighted by molar-refractivity contribution is -0.137. The molecule has 1 aromatic carbocycles. The van der Waals surface area contributed by atoms with Gasteiger partial charge in [-0.1, -0.05) is 6.07 Å². The van der Waals surface area contributed by atoms with Gasteiger partial charge in [0, 0.05) is 50.3 Å². The fraction of sp³-hybridized carbons (Fsp3) is 0.542. The van der Waals surface area contributed by atoms with Gasteiger partial charge in [0.2, 0.25) is 10.0 Å². The first-order chi connectivity index (χ1) is 16.2. The molecule has 202 valence electrons. The smallest absolute Gasteiger partial charge is 0.369 e. The fourth-order valence-electron chi connectivity index (χ4n) is 4.84. The van der Waals surface area contributed by atoms with Gasteiger partial charge in [0.15, 0.2) is 0 Å². The van der Waals surface area contributed by atoms with Crippen molar-refractivity contribution in [3.63, 3.8) is 0 Å². The Bertz CT molecular complexity index is 1040. The Balaban J connectivity index is 0.00000228. The molecule has 2 fully saturated rings. The maximum absolute atomic E-state index is 13.0. The average molecular weight is 570 g/mol. The van der Waals surface area contributed by atoms with E-state index in [0.29, 0.717) is 24.7 Å². The topological polar surface area (TPSA) is 65.5 Å². The molecule has 1 aromatic heterocycles. The number of hydrogen-bond donors (Lipinski definition) is 1. The Hall–Kier alpha value is -1.59. The Morgan fingerprint density at radius 1 is 0.972 bits per heavy atom. The van der Waals surface area contributed by atoms with E-state index in [4.69, 9.17) is 0 Å². The van der Waals surface area contributed by atoms with Crippen molar-refractivity contribution < 1.29 is 21.6 Å². The van der Waals surface area contributed by atoms with Gasteiger partial charge in [-0.05, 0) is 74.9 Å². The number of anilines is 1. The maximum Gasteiger partial charge on any atom is 0.416 e. The van der Waals surface area contributed by atoms with E-state index in [9.17, 15) is 21.6 Å². The number of piperazine rings is 1. The molecule has 0 spiro atoms. The summed E-state index contributed by atoms with van der Waals surface area (Å²) >= 11 is 0. The van der Waals surface area contributed by atoms with Gasteiger partial charge in [0.05, 0.1) is 5.56 Å². The quantitative estimate of drug-likeness (QED) is 0.509. The van der Waals surface area contributed by atoms with Crippen LogP contribution in [0.1, 0.15) is 37.7 Å². The molecule has 0 amide bonds. The fourth-order valence-corrected chi connectivity index (χ4v) is 6.10. The van der Waals surface area contributed by atoms with Gasteiger partial charge in [-0.3, -0.25) is 9.88 Å². The van der Waals surface area contributed by atoms with Crippen LogP contribution in [-0.2, 0) is 16.2 Å². The second-order valence-corrected chi connectivity index (χ2v) is 10.9. The molecule has 36 heavy (non-hydrogen) atoms. The van der Waals surface area contributed by atoms with E-state index in [1.807, 2.05) is 4.90 Å². The second kappa shape index (κ2) is 13.3. The summed E-state index contributed by atoms with van der Waals surface area (Å²) in [5.41, 5.74) is 0.0206. The number of nitrogens with zero attached hydrogens (tertiary/aromatic N) is 3. The summed E-state index contributed by atoms with van der Waals surface area (Å²) in [6, 6.07) is 8.68. The molecular weight excluding hydrogens is 536 g/mol. The number of nitrogens with one attached hydrogen (secondary N) is 1. The molecule has 2 aliphatic rings. The first kappa shape index (κ1) is 30.6. The second-order valence-electron chi connectivity index (χ2n) is 9.19. The van der Waals surface area contributed by atoms with Crippen molar-refractivity contribution in [1.82, 2.24) is 14.6 Å². The van der Waals surface area contributed by atoms with E-state index in [1.165, 1.54) is 18.3 Å². The zero-order valence-electron chi connectivity index (χ0n) is 19.9. The number of sulfonamides is 1. The molecule has 0 bridgehead atoms. The van der Waals surface area contributed by atoms with Crippen LogP contribution in [0.2, 0.25) is 0 Å². The average Bonchev–Trinajstić information content (AvgIpc) is 2.84. The molecule has 1 N–H and O–H groups in total. The van der Waals surface area contributed by atoms with E-state index < -0.39 is 21.8 Å². The van der Waals surface area contributed by atoms with Crippen LogP contribution in [0.5, 0.6) is 0 Å². The zero-order valence-corrected chi connectivity index (χ0v) is 22.3. The van der Waals surface area contributed by atoms with Crippen LogP contribution >= 0.6 is 24.8 Å². The monoisotopic (exact) mass is 568 g/mol. The highest BCUT2D eigenvalue weighted by Gasteiger charge is 2.31. The predicted octanol–water partition coefficient (Wildman–Crippen LogP) is 4.99. The van der Waals surface area contributed by atoms with Crippen LogP contribution in [0.3, 0.4) is 0 Å². The lowest BCUT2D eigenvalue weighted by atomic mass is 9.84. The molecule has 2 aromatic rings. The number of alkyl halides is 3. The number of rotatable bonds is 7. The minimum Gasteiger partial charge on any atom is -0.369 e. The van der Waals surface area contributed by atoms with E-state index in [2.05, 4.69) is 14.6 Å². The summed E-state index contributed by atoms with van der Waals surface area (Å²) in [6.45, 7) is 4.05. The minimum atomic E-state index is -4.32. The highest BCUT2D eigenvalue weighted by molar-refractivity contribution is 7.89. The number of pyridine rings is 1. The summed E-state index contributed by atoms with van der Waals surface area (Å²) in [5, 5.41) is 0. The van der Waals surface area contributed by atoms with Crippen molar-refractivity contribution in [2.24, 2.45) is 5.92 Å². The Morgan fingerprint density at radius 2 is 1.67 bits per heavy atom. The molecule has 12 heteroatoms. The molecule has 1 aliphatic heterocycles. The minimum absolute atomic E-state index is 0. The lowest BCUT2D eigenvalue weighted by Crippen LogP contribution is -2.47. The van der Waals surface area contributed by atoms with E-state index in [-0.39, 0.29) is 35.8 Å². The molecular formula is C24H33Cl2F3N4O2S. The van der Waals surface area contributed by atoms with Gasteiger partial charge in [-0.2, -0.15) is 13.2 Å². The molecule has 6 nitrogen and oxygen atoms in total. The number of halogens is 5. The number of benzene rings is 1. The normalized spacial score (nSPS) is 21.4. The molecule has 0 unspecified atom stereocenters. The van der Waals surface area contributed by atoms with Gasteiger partial charge >= 0.3 is 6.18 Å². The summed E-state index contributed by atoms with van der Waals surface area (Å²) in [5.74, 6) is 0.570. The first-order valence-electron chi connectivity index (χ1n) is 11.8. The summed E-state index contributed by atoms with van der Waals surface area (Å²) in [6.07, 6.45) is 3.28. The third-order valence-corrected chi connectivity index (χ3v) is 8.38. The van der Waals surface area contributed by atoms with Crippen LogP contribution < -0.4 is 9.62 Å². The highest BCUT2D eigenvalue weighted by Crippen LogP contribution is 2.32. The van der Waals surface area contributed by atoms with Gasteiger partial charge < -0.3 is 4.90 Å². The van der Waals surface area contributed by atoms with Gasteiger partial charge in [-0.25, -0.2) is 13.1 Å². The van der Waals surface area contributed by atoms with Gasteiger partial charge in [0.1, 0.15) is 4.90 Å². The number of aromatic nitrogens is 1. The summed E-state index contributed by atoms with van der Waals surface area (Å²) in [4.78, 5) is 8.48. The Kier molecular flexibility index (Phi) is 11.3. The van der Waals surface area contributed by atoms with Crippen LogP contribution in [0, 0.1) is 5.92 Å². The van der Waals surface area contributed by atoms with Crippen molar-refractivity contribution in [1.29, 1.82) is 0 Å². The van der Waals surface area contributed by atoms with Crippen molar-refractivity contribution in [3.05, 3.63) is 54.4 Å². The van der Waals surface area contributed by atoms with Crippen LogP contribution in [0.15, 0.2) is 53.7 Å². The van der Waals surface area contributed by atoms with Crippen molar-refractivity contribution in [2.45, 2.75) is 49.2 Å². The van der Waals surface area contributed by atoms with Crippen molar-refractivity contribution in [3.8, 4) is 0 Å². The molecule has 1 saturated heterocycles. The maximum atomic E-state index is 13.0. The molecule has 2 heterocycles. The Morgan fingerprint density at radius 3 is 2.28 bits per heavy atom. The molecule has 4 rings (SSSR count). The first-order valence-corrected chi connectivity index (χ1v) is 13.3. The largest absolute Gasteiger partial charge is 0.416 e. The third-order valence-electron chi connectivity index (χ3n) is 6.88. The molecule has 0 radical (unpaired) electrons. The lowest BCUT2D eigenvalue weighted by Gasteiger charge is -2.37. The SMILES string of the molecule is Cl.Cl.O=S(=O)(NC1CCC(CCN2CCN(c3cccc(C(F)(F)F)c3)CC2)CC1)c1cccnc1. The van der Waals surface area contributed by atoms with Crippen LogP contribution in [-0.4, -0.2) is 57.1 Å². The number of hydrogen-bond acceptors (Lipinski definition) is 5. The zero-order chi connectivity index (χ0) is 24.2.